The standard InChI is InChI=1S/C25H27N5O5/c1-17(31)27-11-13-28(14-12-27)21-9-8-18(15-22(21)30(33)34)25(32)29-10-4-5-19(16-29)24-26-20-6-2-3-7-23(20)35-24/h2-3,6-9,15,19H,4-5,10-14,16H2,1H3. The van der Waals surface area contributed by atoms with Gasteiger partial charge in [-0.05, 0) is 37.1 Å². The first-order valence-electron chi connectivity index (χ1n) is 11.8. The van der Waals surface area contributed by atoms with Crippen LogP contribution in [0.3, 0.4) is 0 Å². The number of piperidine rings is 1. The van der Waals surface area contributed by atoms with Crippen LogP contribution in [-0.2, 0) is 4.79 Å². The fourth-order valence-electron chi connectivity index (χ4n) is 4.94. The molecule has 2 amide bonds. The van der Waals surface area contributed by atoms with Crippen molar-refractivity contribution in [2.24, 2.45) is 0 Å². The lowest BCUT2D eigenvalue weighted by Crippen LogP contribution is -2.48. The Labute approximate surface area is 202 Å². The van der Waals surface area contributed by atoms with Crippen LogP contribution < -0.4 is 4.90 Å². The Kier molecular flexibility index (Phi) is 6.10. The summed E-state index contributed by atoms with van der Waals surface area (Å²) in [4.78, 5) is 46.3. The molecule has 10 heteroatoms. The summed E-state index contributed by atoms with van der Waals surface area (Å²) >= 11 is 0. The molecule has 1 unspecified atom stereocenters. The Balaban J connectivity index is 1.33. The number of carbonyl (C=O) groups excluding carboxylic acids is 2. The van der Waals surface area contributed by atoms with Crippen LogP contribution in [-0.4, -0.2) is 70.8 Å². The van der Waals surface area contributed by atoms with E-state index in [1.54, 1.807) is 21.9 Å². The van der Waals surface area contributed by atoms with Crippen LogP contribution in [0.15, 0.2) is 46.9 Å². The number of oxazole rings is 1. The number of carbonyl (C=O) groups is 2. The molecule has 1 aromatic heterocycles. The van der Waals surface area contributed by atoms with E-state index in [2.05, 4.69) is 4.98 Å². The van der Waals surface area contributed by atoms with Crippen molar-refractivity contribution in [1.29, 1.82) is 0 Å². The number of amides is 2. The fraction of sp³-hybridized carbons (Fsp3) is 0.400. The summed E-state index contributed by atoms with van der Waals surface area (Å²) in [5.74, 6) is 0.362. The lowest BCUT2D eigenvalue weighted by atomic mass is 9.97. The molecule has 0 N–H and O–H groups in total. The molecule has 1 atom stereocenters. The van der Waals surface area contributed by atoms with Crippen LogP contribution in [0.25, 0.3) is 11.1 Å². The Bertz CT molecular complexity index is 1250. The molecular formula is C25H27N5O5. The van der Waals surface area contributed by atoms with Gasteiger partial charge in [0.1, 0.15) is 11.2 Å². The average Bonchev–Trinajstić information content (AvgIpc) is 3.32. The SMILES string of the molecule is CC(=O)N1CCN(c2ccc(C(=O)N3CCCC(c4nc5ccccc5o4)C3)cc2[N+](=O)[O-])CC1. The highest BCUT2D eigenvalue weighted by Gasteiger charge is 2.31. The fourth-order valence-corrected chi connectivity index (χ4v) is 4.94. The topological polar surface area (TPSA) is 113 Å². The molecule has 3 aromatic rings. The van der Waals surface area contributed by atoms with E-state index in [4.69, 9.17) is 4.42 Å². The zero-order valence-electron chi connectivity index (χ0n) is 19.6. The van der Waals surface area contributed by atoms with Gasteiger partial charge in [0.25, 0.3) is 11.6 Å². The molecule has 0 spiro atoms. The molecule has 2 aromatic carbocycles. The molecule has 3 heterocycles. The Morgan fingerprint density at radius 3 is 2.54 bits per heavy atom. The lowest BCUT2D eigenvalue weighted by Gasteiger charge is -2.35. The number of hydrogen-bond acceptors (Lipinski definition) is 7. The summed E-state index contributed by atoms with van der Waals surface area (Å²) < 4.78 is 5.93. The maximum absolute atomic E-state index is 13.3. The molecule has 0 radical (unpaired) electrons. The molecule has 5 rings (SSSR count). The molecule has 2 aliphatic heterocycles. The number of hydrogen-bond donors (Lipinski definition) is 0. The second-order valence-electron chi connectivity index (χ2n) is 9.06. The first-order valence-corrected chi connectivity index (χ1v) is 11.8. The van der Waals surface area contributed by atoms with E-state index in [1.165, 1.54) is 13.0 Å². The van der Waals surface area contributed by atoms with E-state index in [9.17, 15) is 19.7 Å². The van der Waals surface area contributed by atoms with Gasteiger partial charge in [0.15, 0.2) is 11.5 Å². The van der Waals surface area contributed by atoms with Crippen molar-refractivity contribution >= 4 is 34.3 Å². The van der Waals surface area contributed by atoms with Gasteiger partial charge in [-0.25, -0.2) is 4.98 Å². The van der Waals surface area contributed by atoms with E-state index in [0.29, 0.717) is 56.4 Å². The van der Waals surface area contributed by atoms with E-state index >= 15 is 0 Å². The summed E-state index contributed by atoms with van der Waals surface area (Å²) in [5, 5.41) is 11.9. The third-order valence-electron chi connectivity index (χ3n) is 6.85. The largest absolute Gasteiger partial charge is 0.440 e. The molecule has 0 bridgehead atoms. The summed E-state index contributed by atoms with van der Waals surface area (Å²) in [6.07, 6.45) is 1.66. The minimum Gasteiger partial charge on any atom is -0.440 e. The van der Waals surface area contributed by atoms with Crippen LogP contribution in [0.4, 0.5) is 11.4 Å². The van der Waals surface area contributed by atoms with Gasteiger partial charge >= 0.3 is 0 Å². The number of anilines is 1. The van der Waals surface area contributed by atoms with Crippen molar-refractivity contribution in [2.45, 2.75) is 25.7 Å². The third kappa shape index (κ3) is 4.55. The molecule has 10 nitrogen and oxygen atoms in total. The van der Waals surface area contributed by atoms with Crippen LogP contribution in [0.5, 0.6) is 0 Å². The maximum Gasteiger partial charge on any atom is 0.293 e. The van der Waals surface area contributed by atoms with Gasteiger partial charge in [0, 0.05) is 57.8 Å². The highest BCUT2D eigenvalue weighted by atomic mass is 16.6. The van der Waals surface area contributed by atoms with E-state index < -0.39 is 4.92 Å². The van der Waals surface area contributed by atoms with E-state index in [-0.39, 0.29) is 23.4 Å². The highest BCUT2D eigenvalue weighted by Crippen LogP contribution is 2.33. The van der Waals surface area contributed by atoms with Gasteiger partial charge in [-0.1, -0.05) is 12.1 Å². The second-order valence-corrected chi connectivity index (χ2v) is 9.06. The van der Waals surface area contributed by atoms with Crippen molar-refractivity contribution < 1.29 is 18.9 Å². The summed E-state index contributed by atoms with van der Waals surface area (Å²) in [6.45, 7) is 4.59. The molecule has 2 fully saturated rings. The molecule has 0 aliphatic carbocycles. The monoisotopic (exact) mass is 477 g/mol. The average molecular weight is 478 g/mol. The number of para-hydroxylation sites is 2. The number of likely N-dealkylation sites (tertiary alicyclic amines) is 1. The van der Waals surface area contributed by atoms with Gasteiger partial charge < -0.3 is 19.1 Å². The minimum absolute atomic E-state index is 0.00206. The highest BCUT2D eigenvalue weighted by molar-refractivity contribution is 5.96. The predicted octanol–water partition coefficient (Wildman–Crippen LogP) is 3.42. The Morgan fingerprint density at radius 2 is 1.83 bits per heavy atom. The summed E-state index contributed by atoms with van der Waals surface area (Å²) in [7, 11) is 0. The van der Waals surface area contributed by atoms with Gasteiger partial charge in [-0.3, -0.25) is 19.7 Å². The zero-order chi connectivity index (χ0) is 24.5. The van der Waals surface area contributed by atoms with Gasteiger partial charge in [0.05, 0.1) is 10.8 Å². The molecular weight excluding hydrogens is 450 g/mol. The number of piperazine rings is 1. The van der Waals surface area contributed by atoms with Crippen LogP contribution in [0.2, 0.25) is 0 Å². The normalized spacial score (nSPS) is 18.7. The summed E-state index contributed by atoms with van der Waals surface area (Å²) in [6, 6.07) is 12.3. The van der Waals surface area contributed by atoms with E-state index in [1.807, 2.05) is 29.2 Å². The Morgan fingerprint density at radius 1 is 1.06 bits per heavy atom. The zero-order valence-corrected chi connectivity index (χ0v) is 19.6. The minimum atomic E-state index is -0.444. The number of aromatic nitrogens is 1. The van der Waals surface area contributed by atoms with Crippen molar-refractivity contribution in [1.82, 2.24) is 14.8 Å². The smallest absolute Gasteiger partial charge is 0.293 e. The second kappa shape index (κ2) is 9.36. The molecule has 35 heavy (non-hydrogen) atoms. The number of nitro benzene ring substituents is 1. The maximum atomic E-state index is 13.3. The molecule has 0 saturated carbocycles. The van der Waals surface area contributed by atoms with Gasteiger partial charge in [0.2, 0.25) is 5.91 Å². The first-order chi connectivity index (χ1) is 16.9. The van der Waals surface area contributed by atoms with Crippen molar-refractivity contribution in [3.63, 3.8) is 0 Å². The number of fused-ring (bicyclic) bond motifs is 1. The van der Waals surface area contributed by atoms with Crippen molar-refractivity contribution in [3.8, 4) is 0 Å². The molecule has 182 valence electrons. The number of rotatable bonds is 4. The van der Waals surface area contributed by atoms with Crippen molar-refractivity contribution in [3.05, 3.63) is 64.0 Å². The number of nitro groups is 1. The predicted molar refractivity (Wildman–Crippen MR) is 129 cm³/mol. The van der Waals surface area contributed by atoms with Crippen LogP contribution >= 0.6 is 0 Å². The molecule has 2 aliphatic rings. The number of benzene rings is 2. The molecule has 2 saturated heterocycles. The van der Waals surface area contributed by atoms with Crippen LogP contribution in [0.1, 0.15) is 41.9 Å². The Hall–Kier alpha value is -3.95. The number of nitrogens with zero attached hydrogens (tertiary/aromatic N) is 5. The lowest BCUT2D eigenvalue weighted by molar-refractivity contribution is -0.384. The van der Waals surface area contributed by atoms with E-state index in [0.717, 1.165) is 23.9 Å². The first kappa shape index (κ1) is 22.8. The summed E-state index contributed by atoms with van der Waals surface area (Å²) in [5.41, 5.74) is 2.18. The third-order valence-corrected chi connectivity index (χ3v) is 6.85. The van der Waals surface area contributed by atoms with Crippen LogP contribution in [0, 0.1) is 10.1 Å². The van der Waals surface area contributed by atoms with Gasteiger partial charge in [-0.15, -0.1) is 0 Å². The van der Waals surface area contributed by atoms with Crippen molar-refractivity contribution in [2.75, 3.05) is 44.2 Å². The quantitative estimate of drug-likeness (QED) is 0.418. The van der Waals surface area contributed by atoms with Gasteiger partial charge in [-0.2, -0.15) is 0 Å².